The molecule has 1 heterocycles. The molecule has 0 aliphatic carbocycles. The molecule has 23 heavy (non-hydrogen) atoms. The van der Waals surface area contributed by atoms with Crippen LogP contribution in [0.3, 0.4) is 0 Å². The van der Waals surface area contributed by atoms with E-state index in [1.54, 1.807) is 0 Å². The number of benzene rings is 1. The van der Waals surface area contributed by atoms with E-state index in [1.807, 2.05) is 21.0 Å². The van der Waals surface area contributed by atoms with Crippen molar-refractivity contribution in [2.24, 2.45) is 0 Å². The van der Waals surface area contributed by atoms with Crippen LogP contribution in [-0.4, -0.2) is 56.6 Å². The number of urea groups is 1. The molecule has 1 aliphatic rings. The van der Waals surface area contributed by atoms with Gasteiger partial charge in [-0.1, -0.05) is 12.1 Å². The Hall–Kier alpha value is -2.08. The van der Waals surface area contributed by atoms with Crippen molar-refractivity contribution in [3.8, 4) is 0 Å². The van der Waals surface area contributed by atoms with Gasteiger partial charge in [-0.05, 0) is 26.0 Å². The fraction of sp³-hybridized carbons (Fsp3) is 0.529. The minimum absolute atomic E-state index is 0.0956. The van der Waals surface area contributed by atoms with Crippen LogP contribution in [0.4, 0.5) is 10.5 Å². The zero-order valence-electron chi connectivity index (χ0n) is 14.4. The second-order valence-corrected chi connectivity index (χ2v) is 6.19. The summed E-state index contributed by atoms with van der Waals surface area (Å²) in [5.74, 6) is -0.0956. The summed E-state index contributed by atoms with van der Waals surface area (Å²) in [5.41, 5.74) is 2.35. The Kier molecular flexibility index (Phi) is 5.60. The lowest BCUT2D eigenvalue weighted by Crippen LogP contribution is -3.15. The van der Waals surface area contributed by atoms with Crippen molar-refractivity contribution in [2.75, 3.05) is 38.6 Å². The van der Waals surface area contributed by atoms with E-state index in [1.165, 1.54) is 10.5 Å². The molecule has 6 nitrogen and oxygen atoms in total. The number of nitrogens with zero attached hydrogens (tertiary/aromatic N) is 2. The number of quaternary nitrogens is 1. The van der Waals surface area contributed by atoms with Gasteiger partial charge in [0.1, 0.15) is 6.54 Å². The van der Waals surface area contributed by atoms with Gasteiger partial charge in [0.15, 0.2) is 6.04 Å². The third-order valence-electron chi connectivity index (χ3n) is 4.44. The number of hydrogen-bond acceptors (Lipinski definition) is 3. The van der Waals surface area contributed by atoms with Crippen molar-refractivity contribution >= 4 is 17.6 Å². The molecule has 0 bridgehead atoms. The Balaban J connectivity index is 2.03. The Morgan fingerprint density at radius 3 is 2.48 bits per heavy atom. The minimum atomic E-state index is -0.271. The van der Waals surface area contributed by atoms with Crippen LogP contribution < -0.4 is 15.1 Å². The Bertz CT molecular complexity index is 556. The molecule has 3 amide bonds. The van der Waals surface area contributed by atoms with Crippen molar-refractivity contribution in [2.45, 2.75) is 26.4 Å². The van der Waals surface area contributed by atoms with Gasteiger partial charge in [-0.15, -0.1) is 0 Å². The second-order valence-electron chi connectivity index (χ2n) is 6.19. The quantitative estimate of drug-likeness (QED) is 0.782. The molecule has 126 valence electrons. The first-order valence-corrected chi connectivity index (χ1v) is 8.14. The first-order chi connectivity index (χ1) is 10.9. The summed E-state index contributed by atoms with van der Waals surface area (Å²) in [7, 11) is 4.03. The van der Waals surface area contributed by atoms with Gasteiger partial charge in [-0.2, -0.15) is 0 Å². The number of carbonyl (C=O) groups excluding carboxylic acids is 2. The van der Waals surface area contributed by atoms with Crippen molar-refractivity contribution in [3.63, 3.8) is 0 Å². The maximum atomic E-state index is 12.5. The SMILES string of the molecule is CC[NH+](Cc1ccc(N(C)C)cc1)[C@@H](C)C(=O)N1CCNC1=O. The van der Waals surface area contributed by atoms with Gasteiger partial charge in [0, 0.05) is 38.4 Å². The van der Waals surface area contributed by atoms with Crippen molar-refractivity contribution in [3.05, 3.63) is 29.8 Å². The fourth-order valence-corrected chi connectivity index (χ4v) is 2.85. The molecule has 2 atom stereocenters. The Morgan fingerprint density at radius 1 is 1.35 bits per heavy atom. The van der Waals surface area contributed by atoms with Gasteiger partial charge in [-0.25, -0.2) is 4.79 Å². The summed E-state index contributed by atoms with van der Waals surface area (Å²) in [4.78, 5) is 28.7. The zero-order chi connectivity index (χ0) is 17.0. The largest absolute Gasteiger partial charge is 0.378 e. The van der Waals surface area contributed by atoms with Crippen LogP contribution >= 0.6 is 0 Å². The molecule has 2 N–H and O–H groups in total. The van der Waals surface area contributed by atoms with Gasteiger partial charge in [0.25, 0.3) is 5.91 Å². The number of imide groups is 1. The number of nitrogens with one attached hydrogen (secondary N) is 2. The Labute approximate surface area is 138 Å². The average molecular weight is 319 g/mol. The number of rotatable bonds is 6. The highest BCUT2D eigenvalue weighted by atomic mass is 16.2. The van der Waals surface area contributed by atoms with Gasteiger partial charge in [0.2, 0.25) is 0 Å². The van der Waals surface area contributed by atoms with E-state index >= 15 is 0 Å². The molecule has 1 fully saturated rings. The Morgan fingerprint density at radius 2 is 2.00 bits per heavy atom. The molecule has 0 saturated carbocycles. The molecule has 1 aliphatic heterocycles. The molecular weight excluding hydrogens is 292 g/mol. The fourth-order valence-electron chi connectivity index (χ4n) is 2.85. The predicted molar refractivity (Wildman–Crippen MR) is 90.6 cm³/mol. The minimum Gasteiger partial charge on any atom is -0.378 e. The third-order valence-corrected chi connectivity index (χ3v) is 4.44. The summed E-state index contributed by atoms with van der Waals surface area (Å²) in [6.45, 7) is 6.59. The van der Waals surface area contributed by atoms with Crippen LogP contribution in [0.15, 0.2) is 24.3 Å². The van der Waals surface area contributed by atoms with Crippen LogP contribution in [0.25, 0.3) is 0 Å². The van der Waals surface area contributed by atoms with Gasteiger partial charge in [-0.3, -0.25) is 9.69 Å². The van der Waals surface area contributed by atoms with Crippen LogP contribution in [0.2, 0.25) is 0 Å². The molecule has 1 aromatic rings. The van der Waals surface area contributed by atoms with Gasteiger partial charge in [0.05, 0.1) is 6.54 Å². The average Bonchev–Trinajstić information content (AvgIpc) is 2.97. The van der Waals surface area contributed by atoms with E-state index in [0.717, 1.165) is 23.7 Å². The molecule has 1 unspecified atom stereocenters. The first-order valence-electron chi connectivity index (χ1n) is 8.14. The maximum absolute atomic E-state index is 12.5. The smallest absolute Gasteiger partial charge is 0.324 e. The molecule has 0 spiro atoms. The van der Waals surface area contributed by atoms with E-state index in [-0.39, 0.29) is 18.0 Å². The number of amides is 3. The molecule has 6 heteroatoms. The summed E-state index contributed by atoms with van der Waals surface area (Å²) < 4.78 is 0. The lowest BCUT2D eigenvalue weighted by molar-refractivity contribution is -0.926. The number of carbonyl (C=O) groups is 2. The third kappa shape index (κ3) is 4.01. The van der Waals surface area contributed by atoms with Gasteiger partial charge >= 0.3 is 6.03 Å². The van der Waals surface area contributed by atoms with Crippen molar-refractivity contribution < 1.29 is 14.5 Å². The number of likely N-dealkylation sites (N-methyl/N-ethyl adjacent to an activating group) is 1. The molecule has 2 rings (SSSR count). The van der Waals surface area contributed by atoms with E-state index < -0.39 is 0 Å². The number of hydrogen-bond donors (Lipinski definition) is 2. The highest BCUT2D eigenvalue weighted by Gasteiger charge is 2.34. The first kappa shape index (κ1) is 17.3. The van der Waals surface area contributed by atoms with Crippen LogP contribution in [0.5, 0.6) is 0 Å². The molecule has 1 aromatic carbocycles. The summed E-state index contributed by atoms with van der Waals surface area (Å²) in [6, 6.07) is 7.87. The highest BCUT2D eigenvalue weighted by molar-refractivity contribution is 5.97. The lowest BCUT2D eigenvalue weighted by atomic mass is 10.1. The summed E-state index contributed by atoms with van der Waals surface area (Å²) in [6.07, 6.45) is 0. The van der Waals surface area contributed by atoms with E-state index in [4.69, 9.17) is 0 Å². The second kappa shape index (κ2) is 7.46. The van der Waals surface area contributed by atoms with Crippen LogP contribution in [0.1, 0.15) is 19.4 Å². The maximum Gasteiger partial charge on any atom is 0.324 e. The molecule has 0 radical (unpaired) electrons. The normalized spacial score (nSPS) is 16.9. The van der Waals surface area contributed by atoms with Crippen LogP contribution in [-0.2, 0) is 11.3 Å². The number of anilines is 1. The lowest BCUT2D eigenvalue weighted by Gasteiger charge is -2.26. The van der Waals surface area contributed by atoms with Crippen molar-refractivity contribution in [1.82, 2.24) is 10.2 Å². The molecule has 0 aromatic heterocycles. The van der Waals surface area contributed by atoms with E-state index in [9.17, 15) is 9.59 Å². The predicted octanol–water partition coefficient (Wildman–Crippen LogP) is 0.0977. The van der Waals surface area contributed by atoms with Crippen LogP contribution in [0, 0.1) is 0 Å². The van der Waals surface area contributed by atoms with Gasteiger partial charge < -0.3 is 15.1 Å². The molecule has 1 saturated heterocycles. The molecular formula is C17H27N4O2+. The highest BCUT2D eigenvalue weighted by Crippen LogP contribution is 2.11. The monoisotopic (exact) mass is 319 g/mol. The summed E-state index contributed by atoms with van der Waals surface area (Å²) >= 11 is 0. The van der Waals surface area contributed by atoms with E-state index in [0.29, 0.717) is 13.1 Å². The van der Waals surface area contributed by atoms with E-state index in [2.05, 4.69) is 41.4 Å². The topological polar surface area (TPSA) is 57.1 Å². The zero-order valence-corrected chi connectivity index (χ0v) is 14.4. The summed E-state index contributed by atoms with van der Waals surface area (Å²) in [5, 5.41) is 2.68. The standard InChI is InChI=1S/C17H26N4O2/c1-5-20(12-14-6-8-15(9-7-14)19(3)4)13(2)16(22)21-11-10-18-17(21)23/h6-9,13H,5,10-12H2,1-4H3,(H,18,23)/p+1/t13-/m0/s1. The van der Waals surface area contributed by atoms with Crippen molar-refractivity contribution in [1.29, 1.82) is 0 Å².